The lowest BCUT2D eigenvalue weighted by molar-refractivity contribution is 0.0495. The molecule has 1 aromatic carbocycles. The number of nitrogens with one attached hydrogen (secondary N) is 2. The minimum Gasteiger partial charge on any atom is -0.495 e. The molecule has 2 unspecified atom stereocenters. The number of carbonyl (C=O) groups is 1. The zero-order valence-electron chi connectivity index (χ0n) is 20.4. The monoisotopic (exact) mass is 470 g/mol. The Morgan fingerprint density at radius 3 is 2.62 bits per heavy atom. The molecule has 1 amide bonds. The van der Waals surface area contributed by atoms with Gasteiger partial charge >= 0.3 is 6.09 Å². The maximum Gasteiger partial charge on any atom is 0.407 e. The maximum absolute atomic E-state index is 14.5. The van der Waals surface area contributed by atoms with Crippen LogP contribution < -0.4 is 20.3 Å². The van der Waals surface area contributed by atoms with Crippen LogP contribution in [0.2, 0.25) is 0 Å². The molecule has 1 aliphatic heterocycles. The fourth-order valence-corrected chi connectivity index (χ4v) is 3.97. The van der Waals surface area contributed by atoms with Crippen LogP contribution in [0, 0.1) is 23.1 Å². The number of carbonyl (C=O) groups excluding carboxylic acids is 1. The Balaban J connectivity index is 1.91. The number of piperidine rings is 1. The highest BCUT2D eigenvalue weighted by Gasteiger charge is 2.29. The van der Waals surface area contributed by atoms with Gasteiger partial charge in [-0.25, -0.2) is 14.2 Å². The molecule has 9 nitrogen and oxygen atoms in total. The molecule has 2 N–H and O–H groups in total. The molecule has 1 fully saturated rings. The Morgan fingerprint density at radius 1 is 1.26 bits per heavy atom. The van der Waals surface area contributed by atoms with Gasteiger partial charge in [-0.1, -0.05) is 6.92 Å². The molecule has 34 heavy (non-hydrogen) atoms. The number of benzene rings is 1. The van der Waals surface area contributed by atoms with E-state index in [1.165, 1.54) is 13.2 Å². The highest BCUT2D eigenvalue weighted by atomic mass is 19.1. The minimum absolute atomic E-state index is 0.123. The van der Waals surface area contributed by atoms with Gasteiger partial charge in [-0.2, -0.15) is 10.2 Å². The number of amides is 1. The highest BCUT2D eigenvalue weighted by Crippen LogP contribution is 2.31. The van der Waals surface area contributed by atoms with Crippen LogP contribution in [-0.4, -0.2) is 55.0 Å². The molecule has 2 heterocycles. The Morgan fingerprint density at radius 2 is 2.00 bits per heavy atom. The average molecular weight is 471 g/mol. The van der Waals surface area contributed by atoms with E-state index in [4.69, 9.17) is 9.47 Å². The van der Waals surface area contributed by atoms with Crippen LogP contribution >= 0.6 is 0 Å². The fraction of sp³-hybridized carbons (Fsp3) is 0.500. The summed E-state index contributed by atoms with van der Waals surface area (Å²) >= 11 is 0. The number of hydrogen-bond donors (Lipinski definition) is 2. The van der Waals surface area contributed by atoms with Crippen molar-refractivity contribution in [2.45, 2.75) is 45.8 Å². The third-order valence-electron chi connectivity index (χ3n) is 5.32. The van der Waals surface area contributed by atoms with Crippen molar-refractivity contribution in [1.29, 1.82) is 5.26 Å². The van der Waals surface area contributed by atoms with E-state index < -0.39 is 17.5 Å². The van der Waals surface area contributed by atoms with E-state index in [0.29, 0.717) is 29.6 Å². The number of ether oxygens (including phenoxy) is 2. The number of hydrogen-bond acceptors (Lipinski definition) is 8. The summed E-state index contributed by atoms with van der Waals surface area (Å²) < 4.78 is 25.1. The number of anilines is 2. The molecule has 10 heteroatoms. The normalized spacial score (nSPS) is 18.1. The summed E-state index contributed by atoms with van der Waals surface area (Å²) in [6.45, 7) is 8.85. The lowest BCUT2D eigenvalue weighted by Gasteiger charge is -2.37. The van der Waals surface area contributed by atoms with Crippen LogP contribution in [0.3, 0.4) is 0 Å². The molecule has 0 bridgehead atoms. The third-order valence-corrected chi connectivity index (χ3v) is 5.32. The van der Waals surface area contributed by atoms with Gasteiger partial charge in [0.15, 0.2) is 0 Å². The highest BCUT2D eigenvalue weighted by molar-refractivity contribution is 5.69. The Bertz CT molecular complexity index is 1100. The Hall–Kier alpha value is -3.61. The van der Waals surface area contributed by atoms with Crippen LogP contribution in [-0.2, 0) is 4.74 Å². The largest absolute Gasteiger partial charge is 0.495 e. The second-order valence-corrected chi connectivity index (χ2v) is 9.42. The Kier molecular flexibility index (Phi) is 7.44. The smallest absolute Gasteiger partial charge is 0.407 e. The van der Waals surface area contributed by atoms with Crippen LogP contribution in [0.4, 0.5) is 21.0 Å². The SMILES string of the molecule is CNc1nc(-c2cc(F)c(C#N)c(OC)c2)cc(N2CC(C)CC(NC(=O)OC(C)(C)C)C2)n1. The third kappa shape index (κ3) is 6.04. The zero-order valence-corrected chi connectivity index (χ0v) is 20.4. The van der Waals surface area contributed by atoms with E-state index in [-0.39, 0.29) is 23.3 Å². The maximum atomic E-state index is 14.5. The number of alkyl carbamates (subject to hydrolysis) is 1. The molecular weight excluding hydrogens is 439 g/mol. The number of rotatable bonds is 5. The molecule has 3 rings (SSSR count). The summed E-state index contributed by atoms with van der Waals surface area (Å²) in [6, 6.07) is 6.31. The van der Waals surface area contributed by atoms with Crippen LogP contribution in [0.5, 0.6) is 5.75 Å². The van der Waals surface area contributed by atoms with Gasteiger partial charge < -0.3 is 25.0 Å². The van der Waals surface area contributed by atoms with Crippen molar-refractivity contribution in [2.75, 3.05) is 37.5 Å². The lowest BCUT2D eigenvalue weighted by atomic mass is 9.96. The zero-order chi connectivity index (χ0) is 25.0. The van der Waals surface area contributed by atoms with Crippen molar-refractivity contribution in [2.24, 2.45) is 5.92 Å². The predicted molar refractivity (Wildman–Crippen MR) is 127 cm³/mol. The molecular formula is C24H31FN6O3. The summed E-state index contributed by atoms with van der Waals surface area (Å²) in [7, 11) is 3.09. The van der Waals surface area contributed by atoms with Crippen molar-refractivity contribution in [3.8, 4) is 23.1 Å². The van der Waals surface area contributed by atoms with Gasteiger partial charge in [0.2, 0.25) is 5.95 Å². The summed E-state index contributed by atoms with van der Waals surface area (Å²) in [5.41, 5.74) is 0.202. The standard InChI is InChI=1S/C24H31FN6O3/c1-14-7-16(28-23(32)34-24(2,3)4)13-31(12-14)21-10-19(29-22(27-5)30-21)15-8-18(25)17(11-26)20(9-15)33-6/h8-10,14,16H,7,12-13H2,1-6H3,(H,28,32)(H,27,29,30). The topological polar surface area (TPSA) is 112 Å². The van der Waals surface area contributed by atoms with Crippen molar-refractivity contribution < 1.29 is 18.7 Å². The lowest BCUT2D eigenvalue weighted by Crippen LogP contribution is -2.51. The van der Waals surface area contributed by atoms with Crippen LogP contribution in [0.25, 0.3) is 11.3 Å². The van der Waals surface area contributed by atoms with Crippen molar-refractivity contribution in [1.82, 2.24) is 15.3 Å². The molecule has 0 spiro atoms. The van der Waals surface area contributed by atoms with Crippen molar-refractivity contribution in [3.05, 3.63) is 29.6 Å². The van der Waals surface area contributed by atoms with E-state index in [0.717, 1.165) is 13.0 Å². The van der Waals surface area contributed by atoms with E-state index in [1.54, 1.807) is 19.2 Å². The predicted octanol–water partition coefficient (Wildman–Crippen LogP) is 3.94. The number of aromatic nitrogens is 2. The molecule has 2 atom stereocenters. The first-order valence-electron chi connectivity index (χ1n) is 11.1. The molecule has 0 aliphatic carbocycles. The first kappa shape index (κ1) is 25.0. The van der Waals surface area contributed by atoms with Gasteiger partial charge in [-0.05, 0) is 45.2 Å². The fourth-order valence-electron chi connectivity index (χ4n) is 3.97. The Labute approximate surface area is 199 Å². The van der Waals surface area contributed by atoms with Gasteiger partial charge in [0.1, 0.15) is 34.6 Å². The number of halogens is 1. The van der Waals surface area contributed by atoms with Gasteiger partial charge in [-0.15, -0.1) is 0 Å². The number of nitrogens with zero attached hydrogens (tertiary/aromatic N) is 4. The summed E-state index contributed by atoms with van der Waals surface area (Å²) in [6.07, 6.45) is 0.357. The van der Waals surface area contributed by atoms with Crippen LogP contribution in [0.1, 0.15) is 39.7 Å². The molecule has 0 saturated carbocycles. The first-order chi connectivity index (χ1) is 16.0. The van der Waals surface area contributed by atoms with Gasteiger partial charge in [0.25, 0.3) is 0 Å². The van der Waals surface area contributed by atoms with E-state index in [2.05, 4.69) is 32.4 Å². The summed E-state index contributed by atoms with van der Waals surface area (Å²) in [4.78, 5) is 23.4. The van der Waals surface area contributed by atoms with Gasteiger partial charge in [0, 0.05) is 31.8 Å². The van der Waals surface area contributed by atoms with Crippen molar-refractivity contribution >= 4 is 17.9 Å². The molecule has 1 aliphatic rings. The molecule has 1 saturated heterocycles. The van der Waals surface area contributed by atoms with E-state index >= 15 is 0 Å². The number of nitriles is 1. The summed E-state index contributed by atoms with van der Waals surface area (Å²) in [5.74, 6) is 0.748. The van der Waals surface area contributed by atoms with E-state index in [9.17, 15) is 14.4 Å². The molecule has 2 aromatic rings. The quantitative estimate of drug-likeness (QED) is 0.676. The molecule has 1 aromatic heterocycles. The summed E-state index contributed by atoms with van der Waals surface area (Å²) in [5, 5.41) is 15.1. The first-order valence-corrected chi connectivity index (χ1v) is 11.1. The van der Waals surface area contributed by atoms with E-state index in [1.807, 2.05) is 26.8 Å². The minimum atomic E-state index is -0.684. The second kappa shape index (κ2) is 10.1. The molecule has 0 radical (unpaired) electrons. The second-order valence-electron chi connectivity index (χ2n) is 9.42. The average Bonchev–Trinajstić information content (AvgIpc) is 2.76. The van der Waals surface area contributed by atoms with Crippen molar-refractivity contribution in [3.63, 3.8) is 0 Å². The van der Waals surface area contributed by atoms with Gasteiger partial charge in [-0.3, -0.25) is 0 Å². The van der Waals surface area contributed by atoms with Crippen LogP contribution in [0.15, 0.2) is 18.2 Å². The number of methoxy groups -OCH3 is 1. The molecule has 182 valence electrons. The van der Waals surface area contributed by atoms with Gasteiger partial charge in [0.05, 0.1) is 18.8 Å².